The summed E-state index contributed by atoms with van der Waals surface area (Å²) in [6.45, 7) is 1.81. The van der Waals surface area contributed by atoms with E-state index in [9.17, 15) is 4.79 Å². The average molecular weight is 546 g/mol. The van der Waals surface area contributed by atoms with Gasteiger partial charge in [-0.3, -0.25) is 4.79 Å². The lowest BCUT2D eigenvalue weighted by Crippen LogP contribution is -2.26. The number of nitrogens with zero attached hydrogens (tertiary/aromatic N) is 1. The van der Waals surface area contributed by atoms with Crippen molar-refractivity contribution in [3.63, 3.8) is 0 Å². The van der Waals surface area contributed by atoms with Crippen molar-refractivity contribution in [2.24, 2.45) is 5.10 Å². The summed E-state index contributed by atoms with van der Waals surface area (Å²) in [5, 5.41) is 4.29. The molecule has 0 saturated carbocycles. The number of benzene rings is 3. The number of hydrogen-bond donors (Lipinski definition) is 1. The van der Waals surface area contributed by atoms with Crippen LogP contribution in [0.2, 0.25) is 0 Å². The second kappa shape index (κ2) is 11.1. The maximum atomic E-state index is 12.3. The van der Waals surface area contributed by atoms with Crippen molar-refractivity contribution < 1.29 is 14.3 Å². The van der Waals surface area contributed by atoms with E-state index in [0.29, 0.717) is 22.4 Å². The van der Waals surface area contributed by atoms with Crippen molar-refractivity contribution in [2.75, 3.05) is 13.7 Å². The topological polar surface area (TPSA) is 59.9 Å². The number of ether oxygens (including phenoxy) is 2. The summed E-state index contributed by atoms with van der Waals surface area (Å²) in [5.74, 6) is 0.617. The molecule has 0 fully saturated rings. The van der Waals surface area contributed by atoms with Crippen LogP contribution in [0.3, 0.4) is 0 Å². The highest BCUT2D eigenvalue weighted by Gasteiger charge is 2.13. The quantitative estimate of drug-likeness (QED) is 0.271. The zero-order valence-electron chi connectivity index (χ0n) is 17.2. The SMILES string of the molecule is CCC(=NNC(=O)COc1c(Br)cc(Br)cc1OC)c1ccc(-c2ccccc2)cc1. The first-order chi connectivity index (χ1) is 15.0. The van der Waals surface area contributed by atoms with Crippen molar-refractivity contribution in [1.82, 2.24) is 5.43 Å². The minimum Gasteiger partial charge on any atom is -0.493 e. The predicted molar refractivity (Wildman–Crippen MR) is 131 cm³/mol. The standard InChI is InChI=1S/C24H22Br2N2O3/c1-3-21(18-11-9-17(10-12-18)16-7-5-4-6-8-16)27-28-23(29)15-31-24-20(26)13-19(25)14-22(24)30-2/h4-14H,3,15H2,1-2H3,(H,28,29). The Morgan fingerprint density at radius 2 is 1.68 bits per heavy atom. The second-order valence-electron chi connectivity index (χ2n) is 6.60. The van der Waals surface area contributed by atoms with Crippen LogP contribution in [0.5, 0.6) is 11.5 Å². The molecule has 0 saturated heterocycles. The molecule has 0 aliphatic rings. The number of hydrazone groups is 1. The van der Waals surface area contributed by atoms with Gasteiger partial charge in [0.2, 0.25) is 0 Å². The number of amides is 1. The molecule has 0 aliphatic carbocycles. The number of carbonyl (C=O) groups is 1. The zero-order valence-corrected chi connectivity index (χ0v) is 20.4. The fraction of sp³-hybridized carbons (Fsp3) is 0.167. The number of carbonyl (C=O) groups excluding carboxylic acids is 1. The van der Waals surface area contributed by atoms with Gasteiger partial charge in [0.15, 0.2) is 18.1 Å². The van der Waals surface area contributed by atoms with Crippen LogP contribution in [-0.2, 0) is 4.79 Å². The number of halogens is 2. The maximum Gasteiger partial charge on any atom is 0.277 e. The van der Waals surface area contributed by atoms with Gasteiger partial charge in [0.25, 0.3) is 5.91 Å². The number of hydrogen-bond acceptors (Lipinski definition) is 4. The van der Waals surface area contributed by atoms with E-state index >= 15 is 0 Å². The second-order valence-corrected chi connectivity index (χ2v) is 8.37. The molecule has 3 aromatic rings. The Morgan fingerprint density at radius 3 is 2.32 bits per heavy atom. The third kappa shape index (κ3) is 6.18. The van der Waals surface area contributed by atoms with Gasteiger partial charge in [0.05, 0.1) is 17.3 Å². The molecular formula is C24H22Br2N2O3. The number of nitrogens with one attached hydrogen (secondary N) is 1. The molecule has 0 radical (unpaired) electrons. The predicted octanol–water partition coefficient (Wildman–Crippen LogP) is 6.20. The highest BCUT2D eigenvalue weighted by molar-refractivity contribution is 9.11. The van der Waals surface area contributed by atoms with E-state index in [4.69, 9.17) is 9.47 Å². The van der Waals surface area contributed by atoms with Crippen LogP contribution >= 0.6 is 31.9 Å². The molecule has 0 heterocycles. The fourth-order valence-corrected chi connectivity index (χ4v) is 4.26. The molecule has 1 N–H and O–H groups in total. The molecule has 31 heavy (non-hydrogen) atoms. The van der Waals surface area contributed by atoms with Gasteiger partial charge in [-0.1, -0.05) is 77.5 Å². The van der Waals surface area contributed by atoms with Gasteiger partial charge in [-0.2, -0.15) is 5.10 Å². The smallest absolute Gasteiger partial charge is 0.277 e. The molecule has 0 bridgehead atoms. The van der Waals surface area contributed by atoms with Crippen molar-refractivity contribution in [2.45, 2.75) is 13.3 Å². The van der Waals surface area contributed by atoms with E-state index in [0.717, 1.165) is 26.9 Å². The van der Waals surface area contributed by atoms with Crippen LogP contribution in [0.4, 0.5) is 0 Å². The van der Waals surface area contributed by atoms with E-state index in [1.807, 2.05) is 43.3 Å². The van der Waals surface area contributed by atoms with E-state index in [-0.39, 0.29) is 12.5 Å². The molecule has 160 valence electrons. The molecule has 0 unspecified atom stereocenters. The van der Waals surface area contributed by atoms with Gasteiger partial charge in [-0.15, -0.1) is 0 Å². The molecule has 3 aromatic carbocycles. The first kappa shape index (κ1) is 23.0. The molecule has 7 heteroatoms. The first-order valence-electron chi connectivity index (χ1n) is 9.69. The molecule has 5 nitrogen and oxygen atoms in total. The van der Waals surface area contributed by atoms with Crippen LogP contribution in [0.1, 0.15) is 18.9 Å². The lowest BCUT2D eigenvalue weighted by Gasteiger charge is -2.12. The van der Waals surface area contributed by atoms with Crippen LogP contribution < -0.4 is 14.9 Å². The third-order valence-corrected chi connectivity index (χ3v) is 5.56. The Balaban J connectivity index is 1.64. The summed E-state index contributed by atoms with van der Waals surface area (Å²) >= 11 is 6.82. The van der Waals surface area contributed by atoms with Crippen LogP contribution in [-0.4, -0.2) is 25.3 Å². The van der Waals surface area contributed by atoms with Crippen molar-refractivity contribution in [3.05, 3.63) is 81.2 Å². The van der Waals surface area contributed by atoms with Gasteiger partial charge in [0.1, 0.15) is 0 Å². The van der Waals surface area contributed by atoms with Crippen LogP contribution in [0, 0.1) is 0 Å². The Morgan fingerprint density at radius 1 is 1.00 bits per heavy atom. The Hall–Kier alpha value is -2.64. The fourth-order valence-electron chi connectivity index (χ4n) is 2.96. The molecule has 0 aliphatic heterocycles. The maximum absolute atomic E-state index is 12.3. The summed E-state index contributed by atoms with van der Waals surface area (Å²) in [6, 6.07) is 21.9. The van der Waals surface area contributed by atoms with E-state index in [1.165, 1.54) is 0 Å². The minimum absolute atomic E-state index is 0.190. The summed E-state index contributed by atoms with van der Waals surface area (Å²) in [7, 11) is 1.54. The van der Waals surface area contributed by atoms with Gasteiger partial charge < -0.3 is 9.47 Å². The first-order valence-corrected chi connectivity index (χ1v) is 11.3. The summed E-state index contributed by atoms with van der Waals surface area (Å²) in [6.07, 6.45) is 0.678. The van der Waals surface area contributed by atoms with Gasteiger partial charge in [0, 0.05) is 4.47 Å². The monoisotopic (exact) mass is 544 g/mol. The Labute approximate surface area is 198 Å². The lowest BCUT2D eigenvalue weighted by molar-refractivity contribution is -0.123. The van der Waals surface area contributed by atoms with E-state index < -0.39 is 0 Å². The van der Waals surface area contributed by atoms with E-state index in [2.05, 4.69) is 66.7 Å². The minimum atomic E-state index is -0.358. The number of rotatable bonds is 8. The van der Waals surface area contributed by atoms with Crippen LogP contribution in [0.15, 0.2) is 80.8 Å². The summed E-state index contributed by atoms with van der Waals surface area (Å²) < 4.78 is 12.5. The molecule has 0 atom stereocenters. The summed E-state index contributed by atoms with van der Waals surface area (Å²) in [4.78, 5) is 12.3. The van der Waals surface area contributed by atoms with E-state index in [1.54, 1.807) is 13.2 Å². The van der Waals surface area contributed by atoms with Crippen molar-refractivity contribution in [3.8, 4) is 22.6 Å². The average Bonchev–Trinajstić information content (AvgIpc) is 2.79. The Bertz CT molecular complexity index is 1070. The van der Waals surface area contributed by atoms with Crippen LogP contribution in [0.25, 0.3) is 11.1 Å². The summed E-state index contributed by atoms with van der Waals surface area (Å²) in [5.41, 5.74) is 6.61. The lowest BCUT2D eigenvalue weighted by atomic mass is 10.0. The molecular weight excluding hydrogens is 524 g/mol. The molecule has 0 spiro atoms. The van der Waals surface area contributed by atoms with Crippen molar-refractivity contribution in [1.29, 1.82) is 0 Å². The molecule has 0 aromatic heterocycles. The van der Waals surface area contributed by atoms with Gasteiger partial charge in [-0.05, 0) is 51.2 Å². The van der Waals surface area contributed by atoms with Crippen molar-refractivity contribution >= 4 is 43.5 Å². The zero-order chi connectivity index (χ0) is 22.2. The highest BCUT2D eigenvalue weighted by Crippen LogP contribution is 2.38. The normalized spacial score (nSPS) is 11.2. The highest BCUT2D eigenvalue weighted by atomic mass is 79.9. The Kier molecular flexibility index (Phi) is 8.26. The largest absolute Gasteiger partial charge is 0.493 e. The molecule has 1 amide bonds. The third-order valence-electron chi connectivity index (χ3n) is 4.52. The number of methoxy groups -OCH3 is 1. The van der Waals surface area contributed by atoms with Gasteiger partial charge in [-0.25, -0.2) is 5.43 Å². The molecule has 3 rings (SSSR count). The van der Waals surface area contributed by atoms with Gasteiger partial charge >= 0.3 is 0 Å².